The molecule has 3 nitrogen and oxygen atoms in total. The molecule has 0 aliphatic rings. The van der Waals surface area contributed by atoms with Gasteiger partial charge in [0.1, 0.15) is 5.82 Å². The zero-order chi connectivity index (χ0) is 10.7. The van der Waals surface area contributed by atoms with Gasteiger partial charge in [0.25, 0.3) is 0 Å². The number of ketones is 1. The van der Waals surface area contributed by atoms with Gasteiger partial charge in [0.05, 0.1) is 0 Å². The summed E-state index contributed by atoms with van der Waals surface area (Å²) in [5.74, 6) is -2.87. The molecule has 1 rings (SSSR count). The Hall–Kier alpha value is -1.42. The number of carbonyl (C=O) groups excluding carboxylic acids is 1. The van der Waals surface area contributed by atoms with Crippen molar-refractivity contribution in [3.63, 3.8) is 0 Å². The lowest BCUT2D eigenvalue weighted by molar-refractivity contribution is -0.135. The van der Waals surface area contributed by atoms with Crippen LogP contribution in [-0.2, 0) is 4.79 Å². The minimum atomic E-state index is -1.67. The van der Waals surface area contributed by atoms with Gasteiger partial charge in [-0.1, -0.05) is 12.1 Å². The molecule has 0 saturated carbocycles. The summed E-state index contributed by atoms with van der Waals surface area (Å²) in [6.07, 6.45) is 0. The first kappa shape index (κ1) is 10.7. The summed E-state index contributed by atoms with van der Waals surface area (Å²) in [4.78, 5) is 21.6. The fourth-order valence-corrected chi connectivity index (χ4v) is 1.03. The molecule has 0 radical (unpaired) electrons. The molecule has 0 aromatic heterocycles. The number of Topliss-reactive ketones (excluding diaryl/α,β-unsaturated/α-hetero) is 1. The Kier molecular flexibility index (Phi) is 3.19. The summed E-state index contributed by atoms with van der Waals surface area (Å²) >= 11 is 5.28. The first-order valence-electron chi connectivity index (χ1n) is 3.69. The van der Waals surface area contributed by atoms with E-state index >= 15 is 0 Å². The largest absolute Gasteiger partial charge is 0.480 e. The number of benzene rings is 1. The summed E-state index contributed by atoms with van der Waals surface area (Å²) in [7, 11) is 0. The van der Waals surface area contributed by atoms with E-state index in [-0.39, 0.29) is 5.56 Å². The molecule has 0 aliphatic heterocycles. The van der Waals surface area contributed by atoms with Crippen LogP contribution in [0.15, 0.2) is 24.3 Å². The van der Waals surface area contributed by atoms with Gasteiger partial charge in [-0.25, -0.2) is 4.39 Å². The fraction of sp³-hybridized carbons (Fsp3) is 0.111. The van der Waals surface area contributed by atoms with E-state index in [2.05, 4.69) is 0 Å². The monoisotopic (exact) mass is 216 g/mol. The SMILES string of the molecule is O=C(O)C(Cl)C(=O)c1cccc(F)c1. The van der Waals surface area contributed by atoms with E-state index in [9.17, 15) is 14.0 Å². The van der Waals surface area contributed by atoms with E-state index in [0.717, 1.165) is 12.1 Å². The van der Waals surface area contributed by atoms with Crippen molar-refractivity contribution in [2.24, 2.45) is 0 Å². The number of hydrogen-bond donors (Lipinski definition) is 1. The first-order valence-corrected chi connectivity index (χ1v) is 4.12. The Balaban J connectivity index is 2.95. The third kappa shape index (κ3) is 2.29. The van der Waals surface area contributed by atoms with Crippen molar-refractivity contribution in [2.45, 2.75) is 5.38 Å². The molecule has 1 aromatic rings. The maximum absolute atomic E-state index is 12.6. The highest BCUT2D eigenvalue weighted by Crippen LogP contribution is 2.10. The first-order chi connectivity index (χ1) is 6.52. The van der Waals surface area contributed by atoms with Gasteiger partial charge >= 0.3 is 5.97 Å². The summed E-state index contributed by atoms with van der Waals surface area (Å²) in [6, 6.07) is 4.72. The van der Waals surface area contributed by atoms with Crippen LogP contribution in [0.5, 0.6) is 0 Å². The van der Waals surface area contributed by atoms with E-state index in [4.69, 9.17) is 16.7 Å². The third-order valence-electron chi connectivity index (χ3n) is 1.56. The van der Waals surface area contributed by atoms with Crippen molar-refractivity contribution in [1.82, 2.24) is 0 Å². The Morgan fingerprint density at radius 3 is 2.57 bits per heavy atom. The molecular weight excluding hydrogens is 211 g/mol. The van der Waals surface area contributed by atoms with Gasteiger partial charge in [-0.2, -0.15) is 0 Å². The molecule has 0 fully saturated rings. The summed E-state index contributed by atoms with van der Waals surface area (Å²) in [5.41, 5.74) is -0.0487. The molecule has 74 valence electrons. The van der Waals surface area contributed by atoms with Crippen molar-refractivity contribution in [1.29, 1.82) is 0 Å². The zero-order valence-electron chi connectivity index (χ0n) is 6.91. The van der Waals surface area contributed by atoms with Crippen molar-refractivity contribution in [3.05, 3.63) is 35.6 Å². The molecular formula is C9H6ClFO3. The third-order valence-corrected chi connectivity index (χ3v) is 1.94. The van der Waals surface area contributed by atoms with E-state index in [1.807, 2.05) is 0 Å². The van der Waals surface area contributed by atoms with E-state index in [1.54, 1.807) is 0 Å². The Bertz CT molecular complexity index is 378. The molecule has 0 bridgehead atoms. The highest BCUT2D eigenvalue weighted by Gasteiger charge is 2.24. The molecule has 0 aliphatic carbocycles. The average Bonchev–Trinajstić information content (AvgIpc) is 2.15. The number of hydrogen-bond acceptors (Lipinski definition) is 2. The van der Waals surface area contributed by atoms with Crippen LogP contribution in [0.1, 0.15) is 10.4 Å². The van der Waals surface area contributed by atoms with Gasteiger partial charge < -0.3 is 5.11 Å². The molecule has 1 aromatic carbocycles. The lowest BCUT2D eigenvalue weighted by Gasteiger charge is -2.02. The highest BCUT2D eigenvalue weighted by molar-refractivity contribution is 6.43. The standard InChI is InChI=1S/C9H6ClFO3/c10-7(9(13)14)8(12)5-2-1-3-6(11)4-5/h1-4,7H,(H,13,14). The molecule has 5 heteroatoms. The lowest BCUT2D eigenvalue weighted by atomic mass is 10.1. The van der Waals surface area contributed by atoms with Gasteiger partial charge in [0.2, 0.25) is 0 Å². The minimum Gasteiger partial charge on any atom is -0.480 e. The van der Waals surface area contributed by atoms with Crippen LogP contribution < -0.4 is 0 Å². The van der Waals surface area contributed by atoms with Crippen LogP contribution in [0, 0.1) is 5.82 Å². The van der Waals surface area contributed by atoms with Crippen LogP contribution >= 0.6 is 11.6 Å². The van der Waals surface area contributed by atoms with E-state index in [0.29, 0.717) is 0 Å². The summed E-state index contributed by atoms with van der Waals surface area (Å²) in [5, 5.41) is 6.77. The number of carbonyl (C=O) groups is 2. The molecule has 1 N–H and O–H groups in total. The van der Waals surface area contributed by atoms with Crippen LogP contribution in [0.25, 0.3) is 0 Å². The number of alkyl halides is 1. The summed E-state index contributed by atoms with van der Waals surface area (Å²) < 4.78 is 12.6. The number of aliphatic carboxylic acids is 1. The molecule has 0 spiro atoms. The van der Waals surface area contributed by atoms with Gasteiger partial charge in [-0.3, -0.25) is 9.59 Å². The second-order valence-electron chi connectivity index (χ2n) is 2.58. The van der Waals surface area contributed by atoms with Gasteiger partial charge in [0, 0.05) is 5.56 Å². The molecule has 0 amide bonds. The predicted molar refractivity (Wildman–Crippen MR) is 48.0 cm³/mol. The molecule has 0 heterocycles. The van der Waals surface area contributed by atoms with Crippen molar-refractivity contribution < 1.29 is 19.1 Å². The molecule has 1 unspecified atom stereocenters. The zero-order valence-corrected chi connectivity index (χ0v) is 7.66. The van der Waals surface area contributed by atoms with E-state index < -0.39 is 22.9 Å². The van der Waals surface area contributed by atoms with Crippen molar-refractivity contribution >= 4 is 23.4 Å². The second-order valence-corrected chi connectivity index (χ2v) is 3.01. The molecule has 0 saturated heterocycles. The number of rotatable bonds is 3. The quantitative estimate of drug-likeness (QED) is 0.475. The van der Waals surface area contributed by atoms with Crippen LogP contribution in [0.3, 0.4) is 0 Å². The second kappa shape index (κ2) is 4.19. The van der Waals surface area contributed by atoms with Gasteiger partial charge in [0.15, 0.2) is 11.2 Å². The number of halogens is 2. The highest BCUT2D eigenvalue weighted by atomic mass is 35.5. The predicted octanol–water partition coefficient (Wildman–Crippen LogP) is 1.70. The van der Waals surface area contributed by atoms with Gasteiger partial charge in [-0.15, -0.1) is 11.6 Å². The lowest BCUT2D eigenvalue weighted by Crippen LogP contribution is -2.24. The Morgan fingerprint density at radius 2 is 2.07 bits per heavy atom. The van der Waals surface area contributed by atoms with Gasteiger partial charge in [-0.05, 0) is 12.1 Å². The fourth-order valence-electron chi connectivity index (χ4n) is 0.900. The maximum atomic E-state index is 12.6. The Labute approximate surface area is 84.1 Å². The maximum Gasteiger partial charge on any atom is 0.329 e. The molecule has 1 atom stereocenters. The molecule has 14 heavy (non-hydrogen) atoms. The van der Waals surface area contributed by atoms with Crippen LogP contribution in [0.4, 0.5) is 4.39 Å². The minimum absolute atomic E-state index is 0.0487. The summed E-state index contributed by atoms with van der Waals surface area (Å²) in [6.45, 7) is 0. The topological polar surface area (TPSA) is 54.4 Å². The Morgan fingerprint density at radius 1 is 1.43 bits per heavy atom. The number of carboxylic acids is 1. The normalized spacial score (nSPS) is 12.1. The van der Waals surface area contributed by atoms with Crippen LogP contribution in [0.2, 0.25) is 0 Å². The van der Waals surface area contributed by atoms with Crippen molar-refractivity contribution in [2.75, 3.05) is 0 Å². The van der Waals surface area contributed by atoms with Crippen molar-refractivity contribution in [3.8, 4) is 0 Å². The average molecular weight is 217 g/mol. The van der Waals surface area contributed by atoms with Crippen LogP contribution in [-0.4, -0.2) is 22.2 Å². The number of carboxylic acid groups (broad SMARTS) is 1. The smallest absolute Gasteiger partial charge is 0.329 e. The van der Waals surface area contributed by atoms with E-state index in [1.165, 1.54) is 12.1 Å².